The van der Waals surface area contributed by atoms with E-state index in [1.54, 1.807) is 37.3 Å². The second-order valence-electron chi connectivity index (χ2n) is 9.81. The summed E-state index contributed by atoms with van der Waals surface area (Å²) >= 11 is 0. The van der Waals surface area contributed by atoms with Crippen LogP contribution in [0, 0.1) is 11.8 Å². The van der Waals surface area contributed by atoms with Crippen LogP contribution in [-0.2, 0) is 9.53 Å². The first-order chi connectivity index (χ1) is 16.7. The quantitative estimate of drug-likeness (QED) is 0.662. The Morgan fingerprint density at radius 1 is 1.20 bits per heavy atom. The van der Waals surface area contributed by atoms with Crippen molar-refractivity contribution in [1.29, 1.82) is 0 Å². The van der Waals surface area contributed by atoms with Crippen LogP contribution in [0.2, 0.25) is 0 Å². The summed E-state index contributed by atoms with van der Waals surface area (Å²) in [6.07, 6.45) is 3.56. The van der Waals surface area contributed by atoms with Gasteiger partial charge in [0, 0.05) is 57.4 Å². The Hall–Kier alpha value is -2.81. The third kappa shape index (κ3) is 6.66. The van der Waals surface area contributed by atoms with Gasteiger partial charge in [-0.25, -0.2) is 4.79 Å². The van der Waals surface area contributed by atoms with E-state index in [2.05, 4.69) is 17.6 Å². The number of carbonyl (C=O) groups excluding carboxylic acids is 3. The third-order valence-corrected chi connectivity index (χ3v) is 6.98. The number of nitrogens with one attached hydrogen (secondary N) is 2. The number of hydrogen-bond acceptors (Lipinski definition) is 5. The number of ether oxygens (including phenoxy) is 2. The van der Waals surface area contributed by atoms with E-state index in [0.717, 1.165) is 25.7 Å². The lowest BCUT2D eigenvalue weighted by molar-refractivity contribution is -0.142. The van der Waals surface area contributed by atoms with Crippen LogP contribution in [-0.4, -0.2) is 80.2 Å². The molecular formula is C26H40N4O5. The van der Waals surface area contributed by atoms with E-state index < -0.39 is 0 Å². The summed E-state index contributed by atoms with van der Waals surface area (Å²) in [6, 6.07) is 4.53. The van der Waals surface area contributed by atoms with Crippen molar-refractivity contribution < 1.29 is 23.9 Å². The molecule has 0 unspecified atom stereocenters. The molecule has 1 heterocycles. The van der Waals surface area contributed by atoms with Gasteiger partial charge in [-0.05, 0) is 38.3 Å². The van der Waals surface area contributed by atoms with Gasteiger partial charge in [0.2, 0.25) is 5.91 Å². The molecule has 2 N–H and O–H groups in total. The Morgan fingerprint density at radius 3 is 2.57 bits per heavy atom. The third-order valence-electron chi connectivity index (χ3n) is 6.98. The number of fused-ring (bicyclic) bond motifs is 1. The van der Waals surface area contributed by atoms with Crippen LogP contribution in [0.15, 0.2) is 18.2 Å². The van der Waals surface area contributed by atoms with Crippen LogP contribution in [0.3, 0.4) is 0 Å². The lowest BCUT2D eigenvalue weighted by Crippen LogP contribution is -2.51. The zero-order chi connectivity index (χ0) is 25.5. The highest BCUT2D eigenvalue weighted by Gasteiger charge is 2.35. The van der Waals surface area contributed by atoms with E-state index in [4.69, 9.17) is 9.47 Å². The smallest absolute Gasteiger partial charge is 0.319 e. The molecule has 3 atom stereocenters. The van der Waals surface area contributed by atoms with E-state index in [-0.39, 0.29) is 48.4 Å². The molecule has 0 aromatic heterocycles. The van der Waals surface area contributed by atoms with Crippen molar-refractivity contribution in [2.45, 2.75) is 58.6 Å². The highest BCUT2D eigenvalue weighted by Crippen LogP contribution is 2.31. The maximum absolute atomic E-state index is 13.3. The standard InChI is InChI=1S/C26H40N4O5/c1-6-12-27-26(33)28-20-10-11-21-22(13-20)35-16-18(3)30(24(31)19-8-7-9-19)14-17(2)23(34-5)15-29(4)25(21)32/h10-11,13,17-19,23H,6-9,12,14-16H2,1-5H3,(H2,27,28,33)/t17-,18+,23+/m0/s1. The molecule has 1 saturated carbocycles. The Bertz CT molecular complexity index is 904. The van der Waals surface area contributed by atoms with Gasteiger partial charge in [0.1, 0.15) is 12.4 Å². The van der Waals surface area contributed by atoms with Crippen molar-refractivity contribution in [3.05, 3.63) is 23.8 Å². The summed E-state index contributed by atoms with van der Waals surface area (Å²) in [4.78, 5) is 42.3. The maximum Gasteiger partial charge on any atom is 0.319 e. The van der Waals surface area contributed by atoms with Gasteiger partial charge in [-0.15, -0.1) is 0 Å². The molecule has 1 aliphatic heterocycles. The summed E-state index contributed by atoms with van der Waals surface area (Å²) in [5, 5.41) is 5.56. The molecule has 1 aliphatic carbocycles. The first-order valence-electron chi connectivity index (χ1n) is 12.7. The van der Waals surface area contributed by atoms with Gasteiger partial charge in [-0.3, -0.25) is 9.59 Å². The van der Waals surface area contributed by atoms with E-state index in [1.807, 2.05) is 18.7 Å². The molecule has 4 amide bonds. The van der Waals surface area contributed by atoms with Gasteiger partial charge in [-0.1, -0.05) is 20.3 Å². The van der Waals surface area contributed by atoms with Crippen LogP contribution in [0.5, 0.6) is 5.75 Å². The van der Waals surface area contributed by atoms with Crippen molar-refractivity contribution in [2.24, 2.45) is 11.8 Å². The average molecular weight is 489 g/mol. The molecule has 0 radical (unpaired) electrons. The van der Waals surface area contributed by atoms with Crippen LogP contribution < -0.4 is 15.4 Å². The Morgan fingerprint density at radius 2 is 1.94 bits per heavy atom. The van der Waals surface area contributed by atoms with Gasteiger partial charge in [0.15, 0.2) is 0 Å². The average Bonchev–Trinajstić information content (AvgIpc) is 2.80. The summed E-state index contributed by atoms with van der Waals surface area (Å²) < 4.78 is 11.9. The second-order valence-corrected chi connectivity index (χ2v) is 9.81. The SMILES string of the molecule is CCCNC(=O)Nc1ccc2c(c1)OC[C@@H](C)N(C(=O)C1CCC1)C[C@H](C)[C@H](OC)CN(C)C2=O. The molecule has 1 fully saturated rings. The van der Waals surface area contributed by atoms with Crippen molar-refractivity contribution >= 4 is 23.5 Å². The Labute approximate surface area is 208 Å². The number of urea groups is 1. The topological polar surface area (TPSA) is 100 Å². The predicted octanol–water partition coefficient (Wildman–Crippen LogP) is 3.35. The second kappa shape index (κ2) is 12.2. The van der Waals surface area contributed by atoms with Gasteiger partial charge in [0.05, 0.1) is 17.7 Å². The first kappa shape index (κ1) is 26.8. The minimum absolute atomic E-state index is 0.0360. The number of anilines is 1. The number of methoxy groups -OCH3 is 1. The molecule has 35 heavy (non-hydrogen) atoms. The van der Waals surface area contributed by atoms with Crippen molar-refractivity contribution in [3.8, 4) is 5.75 Å². The predicted molar refractivity (Wildman–Crippen MR) is 135 cm³/mol. The summed E-state index contributed by atoms with van der Waals surface area (Å²) in [6.45, 7) is 7.73. The molecule has 0 bridgehead atoms. The van der Waals surface area contributed by atoms with E-state index in [0.29, 0.717) is 36.6 Å². The molecule has 1 aromatic carbocycles. The van der Waals surface area contributed by atoms with Crippen LogP contribution in [0.1, 0.15) is 56.8 Å². The Balaban J connectivity index is 1.90. The van der Waals surface area contributed by atoms with E-state index in [1.165, 1.54) is 0 Å². The first-order valence-corrected chi connectivity index (χ1v) is 12.7. The molecule has 9 nitrogen and oxygen atoms in total. The van der Waals surface area contributed by atoms with E-state index in [9.17, 15) is 14.4 Å². The molecule has 194 valence electrons. The highest BCUT2D eigenvalue weighted by atomic mass is 16.5. The van der Waals surface area contributed by atoms with Crippen LogP contribution in [0.4, 0.5) is 10.5 Å². The number of amides is 4. The zero-order valence-electron chi connectivity index (χ0n) is 21.6. The number of likely N-dealkylation sites (N-methyl/N-ethyl adjacent to an activating group) is 1. The molecule has 9 heteroatoms. The number of hydrogen-bond donors (Lipinski definition) is 2. The fourth-order valence-electron chi connectivity index (χ4n) is 4.46. The fourth-order valence-corrected chi connectivity index (χ4v) is 4.46. The summed E-state index contributed by atoms with van der Waals surface area (Å²) in [7, 11) is 3.38. The molecule has 3 rings (SSSR count). The van der Waals surface area contributed by atoms with Crippen LogP contribution in [0.25, 0.3) is 0 Å². The van der Waals surface area contributed by atoms with Gasteiger partial charge >= 0.3 is 6.03 Å². The maximum atomic E-state index is 13.3. The van der Waals surface area contributed by atoms with Crippen LogP contribution >= 0.6 is 0 Å². The monoisotopic (exact) mass is 488 g/mol. The molecule has 0 saturated heterocycles. The Kier molecular flexibility index (Phi) is 9.37. The minimum atomic E-state index is -0.314. The zero-order valence-corrected chi connectivity index (χ0v) is 21.6. The summed E-state index contributed by atoms with van der Waals surface area (Å²) in [5.41, 5.74) is 0.928. The van der Waals surface area contributed by atoms with Gasteiger partial charge < -0.3 is 29.9 Å². The molecule has 0 spiro atoms. The van der Waals surface area contributed by atoms with Crippen molar-refractivity contribution in [2.75, 3.05) is 45.7 Å². The highest BCUT2D eigenvalue weighted by molar-refractivity contribution is 5.98. The van der Waals surface area contributed by atoms with Crippen molar-refractivity contribution in [3.63, 3.8) is 0 Å². The van der Waals surface area contributed by atoms with Gasteiger partial charge in [0.25, 0.3) is 5.91 Å². The fraction of sp³-hybridized carbons (Fsp3) is 0.654. The lowest BCUT2D eigenvalue weighted by Gasteiger charge is -2.39. The summed E-state index contributed by atoms with van der Waals surface area (Å²) in [5.74, 6) is 0.465. The normalized spacial score (nSPS) is 23.8. The van der Waals surface area contributed by atoms with Crippen molar-refractivity contribution in [1.82, 2.24) is 15.1 Å². The minimum Gasteiger partial charge on any atom is -0.491 e. The lowest BCUT2D eigenvalue weighted by atomic mass is 9.83. The molecule has 1 aromatic rings. The van der Waals surface area contributed by atoms with E-state index >= 15 is 0 Å². The number of nitrogens with zero attached hydrogens (tertiary/aromatic N) is 2. The molecular weight excluding hydrogens is 448 g/mol. The number of benzene rings is 1. The largest absolute Gasteiger partial charge is 0.491 e. The molecule has 2 aliphatic rings. The number of carbonyl (C=O) groups is 3. The van der Waals surface area contributed by atoms with Gasteiger partial charge in [-0.2, -0.15) is 0 Å². The number of rotatable bonds is 5.